The van der Waals surface area contributed by atoms with Gasteiger partial charge in [0, 0.05) is 29.2 Å². The molecule has 0 fully saturated rings. The molecule has 4 rings (SSSR count). The maximum atomic E-state index is 13.4. The van der Waals surface area contributed by atoms with Crippen LogP contribution in [0.2, 0.25) is 5.02 Å². The number of sulfonamides is 1. The summed E-state index contributed by atoms with van der Waals surface area (Å²) in [7, 11) is -3.87. The van der Waals surface area contributed by atoms with Crippen molar-refractivity contribution in [2.24, 2.45) is 0 Å². The fourth-order valence-corrected chi connectivity index (χ4v) is 4.97. The predicted molar refractivity (Wildman–Crippen MR) is 124 cm³/mol. The monoisotopic (exact) mass is 452 g/mol. The van der Waals surface area contributed by atoms with E-state index in [2.05, 4.69) is 4.98 Å². The molecule has 0 aliphatic rings. The van der Waals surface area contributed by atoms with Gasteiger partial charge in [0.15, 0.2) is 0 Å². The van der Waals surface area contributed by atoms with Crippen molar-refractivity contribution in [2.75, 3.05) is 0 Å². The topological polar surface area (TPSA) is 70.2 Å². The van der Waals surface area contributed by atoms with E-state index in [0.29, 0.717) is 10.6 Å². The molecule has 1 heterocycles. The fourth-order valence-electron chi connectivity index (χ4n) is 3.44. The van der Waals surface area contributed by atoms with Gasteiger partial charge in [0.2, 0.25) is 10.0 Å². The summed E-state index contributed by atoms with van der Waals surface area (Å²) in [6.45, 7) is 2.03. The van der Waals surface area contributed by atoms with Crippen LogP contribution in [0.1, 0.15) is 16.7 Å². The van der Waals surface area contributed by atoms with Crippen LogP contribution in [0.5, 0.6) is 0 Å². The Morgan fingerprint density at radius 1 is 0.903 bits per heavy atom. The Labute approximate surface area is 186 Å². The number of rotatable bonds is 6. The first-order valence-electron chi connectivity index (χ1n) is 9.75. The average molecular weight is 453 g/mol. The molecule has 1 aromatic heterocycles. The summed E-state index contributed by atoms with van der Waals surface area (Å²) >= 11 is 5.93. The average Bonchev–Trinajstić information content (AvgIpc) is 2.75. The minimum atomic E-state index is -3.87. The molecule has 0 aliphatic carbocycles. The van der Waals surface area contributed by atoms with E-state index in [1.54, 1.807) is 18.2 Å². The zero-order valence-electron chi connectivity index (χ0n) is 16.9. The molecule has 5 nitrogen and oxygen atoms in total. The van der Waals surface area contributed by atoms with Crippen LogP contribution in [0.15, 0.2) is 88.6 Å². The van der Waals surface area contributed by atoms with Crippen molar-refractivity contribution in [2.45, 2.75) is 24.9 Å². The normalized spacial score (nSPS) is 11.8. The minimum Gasteiger partial charge on any atom is -0.322 e. The third-order valence-corrected chi connectivity index (χ3v) is 7.14. The summed E-state index contributed by atoms with van der Waals surface area (Å²) < 4.78 is 28.2. The molecule has 0 bridgehead atoms. The molecule has 0 radical (unpaired) electrons. The van der Waals surface area contributed by atoms with E-state index in [4.69, 9.17) is 11.6 Å². The molecule has 0 aliphatic heterocycles. The second-order valence-corrected chi connectivity index (χ2v) is 9.80. The van der Waals surface area contributed by atoms with E-state index in [0.717, 1.165) is 22.0 Å². The highest BCUT2D eigenvalue weighted by molar-refractivity contribution is 7.89. The largest absolute Gasteiger partial charge is 0.322 e. The molecule has 7 heteroatoms. The lowest BCUT2D eigenvalue weighted by molar-refractivity contribution is 0.400. The van der Waals surface area contributed by atoms with Crippen molar-refractivity contribution in [3.8, 4) is 0 Å². The van der Waals surface area contributed by atoms with Gasteiger partial charge in [0.1, 0.15) is 0 Å². The smallest absolute Gasteiger partial charge is 0.252 e. The van der Waals surface area contributed by atoms with Crippen LogP contribution in [0.3, 0.4) is 0 Å². The molecule has 0 saturated carbocycles. The van der Waals surface area contributed by atoms with Crippen molar-refractivity contribution in [1.29, 1.82) is 0 Å². The number of hydrogen-bond acceptors (Lipinski definition) is 3. The van der Waals surface area contributed by atoms with Gasteiger partial charge in [-0.1, -0.05) is 54.1 Å². The van der Waals surface area contributed by atoms with Gasteiger partial charge >= 0.3 is 0 Å². The predicted octanol–water partition coefficient (Wildman–Crippen LogP) is 4.88. The van der Waals surface area contributed by atoms with Crippen molar-refractivity contribution >= 4 is 32.5 Å². The number of benzene rings is 3. The Morgan fingerprint density at radius 2 is 1.61 bits per heavy atom. The SMILES string of the molecule is Cc1ccc2cc(CN(Cc3ccccc3)S(=O)(=O)c3ccc(Cl)cc3)c(=O)[nH]c2c1. The first-order chi connectivity index (χ1) is 14.8. The van der Waals surface area contributed by atoms with E-state index < -0.39 is 10.0 Å². The second-order valence-electron chi connectivity index (χ2n) is 7.43. The Kier molecular flexibility index (Phi) is 5.96. The zero-order chi connectivity index (χ0) is 22.0. The van der Waals surface area contributed by atoms with Crippen LogP contribution in [0, 0.1) is 6.92 Å². The fraction of sp³-hybridized carbons (Fsp3) is 0.125. The van der Waals surface area contributed by atoms with Gasteiger partial charge in [-0.05, 0) is 59.8 Å². The third-order valence-electron chi connectivity index (χ3n) is 5.08. The number of fused-ring (bicyclic) bond motifs is 1. The standard InChI is InChI=1S/C24H21ClN2O3S/c1-17-7-8-19-14-20(24(28)26-23(19)13-17)16-27(15-18-5-3-2-4-6-18)31(29,30)22-11-9-21(25)10-12-22/h2-14H,15-16H2,1H3,(H,26,28). The van der Waals surface area contributed by atoms with E-state index >= 15 is 0 Å². The first-order valence-corrected chi connectivity index (χ1v) is 11.6. The molecule has 0 saturated heterocycles. The Balaban J connectivity index is 1.77. The van der Waals surface area contributed by atoms with Crippen LogP contribution in [-0.2, 0) is 23.1 Å². The molecular formula is C24H21ClN2O3S. The first kappa shape index (κ1) is 21.3. The number of aromatic amines is 1. The molecule has 0 spiro atoms. The highest BCUT2D eigenvalue weighted by Gasteiger charge is 2.26. The van der Waals surface area contributed by atoms with Gasteiger partial charge in [-0.15, -0.1) is 0 Å². The molecule has 158 valence electrons. The van der Waals surface area contributed by atoms with Gasteiger partial charge in [0.25, 0.3) is 5.56 Å². The molecule has 3 aromatic carbocycles. The van der Waals surface area contributed by atoms with Crippen molar-refractivity contribution in [3.05, 3.63) is 111 Å². The van der Waals surface area contributed by atoms with Gasteiger partial charge in [-0.2, -0.15) is 4.31 Å². The van der Waals surface area contributed by atoms with Crippen LogP contribution >= 0.6 is 11.6 Å². The second kappa shape index (κ2) is 8.67. The van der Waals surface area contributed by atoms with Gasteiger partial charge < -0.3 is 4.98 Å². The van der Waals surface area contributed by atoms with Crippen molar-refractivity contribution < 1.29 is 8.42 Å². The number of hydrogen-bond donors (Lipinski definition) is 1. The number of pyridine rings is 1. The number of aryl methyl sites for hydroxylation is 1. The van der Waals surface area contributed by atoms with Gasteiger partial charge in [0.05, 0.1) is 4.90 Å². The molecule has 0 unspecified atom stereocenters. The number of halogens is 1. The van der Waals surface area contributed by atoms with Crippen molar-refractivity contribution in [3.63, 3.8) is 0 Å². The van der Waals surface area contributed by atoms with Crippen LogP contribution < -0.4 is 5.56 Å². The molecule has 1 N–H and O–H groups in total. The molecule has 0 atom stereocenters. The maximum Gasteiger partial charge on any atom is 0.252 e. The minimum absolute atomic E-state index is 0.0565. The highest BCUT2D eigenvalue weighted by atomic mass is 35.5. The van der Waals surface area contributed by atoms with E-state index in [1.807, 2.05) is 55.5 Å². The van der Waals surface area contributed by atoms with E-state index in [-0.39, 0.29) is 23.5 Å². The number of aromatic nitrogens is 1. The van der Waals surface area contributed by atoms with Gasteiger partial charge in [-0.3, -0.25) is 4.79 Å². The summed E-state index contributed by atoms with van der Waals surface area (Å²) in [5.74, 6) is 0. The molecule has 4 aromatic rings. The number of nitrogens with one attached hydrogen (secondary N) is 1. The third kappa shape index (κ3) is 4.71. The number of nitrogens with zero attached hydrogens (tertiary/aromatic N) is 1. The lowest BCUT2D eigenvalue weighted by atomic mass is 10.1. The summed E-state index contributed by atoms with van der Waals surface area (Å²) in [6, 6.07) is 22.9. The Hall–Kier alpha value is -2.93. The van der Waals surface area contributed by atoms with Crippen molar-refractivity contribution in [1.82, 2.24) is 9.29 Å². The lowest BCUT2D eigenvalue weighted by Gasteiger charge is -2.22. The summed E-state index contributed by atoms with van der Waals surface area (Å²) in [5, 5.41) is 1.30. The van der Waals surface area contributed by atoms with Crippen LogP contribution in [-0.4, -0.2) is 17.7 Å². The summed E-state index contributed by atoms with van der Waals surface area (Å²) in [4.78, 5) is 15.7. The lowest BCUT2D eigenvalue weighted by Crippen LogP contribution is -2.32. The maximum absolute atomic E-state index is 13.4. The Bertz CT molecular complexity index is 1380. The zero-order valence-corrected chi connectivity index (χ0v) is 18.5. The van der Waals surface area contributed by atoms with Gasteiger partial charge in [-0.25, -0.2) is 8.42 Å². The molecule has 31 heavy (non-hydrogen) atoms. The molecule has 0 amide bonds. The van der Waals surface area contributed by atoms with E-state index in [9.17, 15) is 13.2 Å². The van der Waals surface area contributed by atoms with Crippen LogP contribution in [0.25, 0.3) is 10.9 Å². The summed E-state index contributed by atoms with van der Waals surface area (Å²) in [5.41, 5.74) is 2.66. The quantitative estimate of drug-likeness (QED) is 0.453. The van der Waals surface area contributed by atoms with Crippen LogP contribution in [0.4, 0.5) is 0 Å². The number of H-pyrrole nitrogens is 1. The summed E-state index contributed by atoms with van der Waals surface area (Å²) in [6.07, 6.45) is 0. The highest BCUT2D eigenvalue weighted by Crippen LogP contribution is 2.23. The Morgan fingerprint density at radius 3 is 2.32 bits per heavy atom. The molecular weight excluding hydrogens is 432 g/mol. The van der Waals surface area contributed by atoms with E-state index in [1.165, 1.54) is 16.4 Å².